The maximum atomic E-state index is 13.0. The van der Waals surface area contributed by atoms with Crippen LogP contribution in [0.5, 0.6) is 0 Å². The number of fused-ring (bicyclic) bond motifs is 1. The van der Waals surface area contributed by atoms with Crippen LogP contribution in [-0.4, -0.2) is 24.4 Å². The van der Waals surface area contributed by atoms with Gasteiger partial charge < -0.3 is 0 Å². The number of anilines is 1. The van der Waals surface area contributed by atoms with Crippen LogP contribution in [0, 0.1) is 0 Å². The first-order valence-corrected chi connectivity index (χ1v) is 10.0. The van der Waals surface area contributed by atoms with Crippen molar-refractivity contribution in [2.24, 2.45) is 19.2 Å². The van der Waals surface area contributed by atoms with Gasteiger partial charge in [0.15, 0.2) is 11.2 Å². The van der Waals surface area contributed by atoms with Gasteiger partial charge >= 0.3 is 5.69 Å². The summed E-state index contributed by atoms with van der Waals surface area (Å²) in [4.78, 5) is 29.9. The smallest absolute Gasteiger partial charge is 0.298 e. The minimum atomic E-state index is -0.449. The first-order valence-electron chi connectivity index (χ1n) is 9.64. The van der Waals surface area contributed by atoms with Crippen molar-refractivity contribution in [2.75, 3.05) is 5.43 Å². The summed E-state index contributed by atoms with van der Waals surface area (Å²) in [5.41, 5.74) is 5.16. The molecule has 4 rings (SSSR count). The van der Waals surface area contributed by atoms with Crippen LogP contribution in [-0.2, 0) is 20.6 Å². The number of imidazole rings is 1. The van der Waals surface area contributed by atoms with E-state index in [9.17, 15) is 9.59 Å². The topological polar surface area (TPSA) is 86.2 Å². The van der Waals surface area contributed by atoms with E-state index in [1.165, 1.54) is 11.6 Å². The van der Waals surface area contributed by atoms with Crippen molar-refractivity contribution in [3.8, 4) is 0 Å². The lowest BCUT2D eigenvalue weighted by atomic mass is 10.1. The van der Waals surface area contributed by atoms with Crippen LogP contribution in [0.15, 0.2) is 69.3 Å². The largest absolute Gasteiger partial charge is 0.332 e. The van der Waals surface area contributed by atoms with Gasteiger partial charge in [-0.1, -0.05) is 60.1 Å². The zero-order valence-corrected chi connectivity index (χ0v) is 18.1. The van der Waals surface area contributed by atoms with Gasteiger partial charge in [0.2, 0.25) is 5.95 Å². The summed E-state index contributed by atoms with van der Waals surface area (Å²) in [5, 5.41) is 5.01. The number of benzene rings is 2. The highest BCUT2D eigenvalue weighted by atomic mass is 35.5. The number of hydrogen-bond donors (Lipinski definition) is 1. The summed E-state index contributed by atoms with van der Waals surface area (Å²) in [6.07, 6.45) is 0. The third-order valence-corrected chi connectivity index (χ3v) is 5.52. The van der Waals surface area contributed by atoms with Crippen LogP contribution < -0.4 is 16.7 Å². The first-order chi connectivity index (χ1) is 14.9. The number of halogens is 1. The molecule has 0 radical (unpaired) electrons. The predicted octanol–water partition coefficient (Wildman–Crippen LogP) is 2.97. The monoisotopic (exact) mass is 436 g/mol. The van der Waals surface area contributed by atoms with Gasteiger partial charge in [0.05, 0.1) is 12.3 Å². The fourth-order valence-electron chi connectivity index (χ4n) is 3.36. The zero-order chi connectivity index (χ0) is 22.1. The molecule has 0 aliphatic carbocycles. The van der Waals surface area contributed by atoms with Crippen molar-refractivity contribution in [3.05, 3.63) is 91.6 Å². The molecule has 0 aliphatic heterocycles. The molecule has 9 heteroatoms. The summed E-state index contributed by atoms with van der Waals surface area (Å²) < 4.78 is 4.11. The van der Waals surface area contributed by atoms with E-state index in [0.717, 1.165) is 21.4 Å². The molecule has 0 atom stereocenters. The average Bonchev–Trinajstić information content (AvgIpc) is 3.15. The van der Waals surface area contributed by atoms with Gasteiger partial charge in [-0.3, -0.25) is 18.5 Å². The molecule has 0 amide bonds. The maximum absolute atomic E-state index is 13.0. The second-order valence-electron chi connectivity index (χ2n) is 7.17. The summed E-state index contributed by atoms with van der Waals surface area (Å²) in [6, 6.07) is 17.1. The van der Waals surface area contributed by atoms with Crippen molar-refractivity contribution in [2.45, 2.75) is 13.5 Å². The number of hydrazone groups is 1. The summed E-state index contributed by atoms with van der Waals surface area (Å²) in [7, 11) is 3.03. The molecule has 0 unspecified atom stereocenters. The van der Waals surface area contributed by atoms with E-state index in [4.69, 9.17) is 11.6 Å². The van der Waals surface area contributed by atoms with Crippen LogP contribution in [0.4, 0.5) is 5.95 Å². The Labute approximate surface area is 183 Å². The summed E-state index contributed by atoms with van der Waals surface area (Å²) in [6.45, 7) is 2.16. The van der Waals surface area contributed by atoms with Crippen LogP contribution in [0.2, 0.25) is 5.02 Å². The number of rotatable bonds is 5. The Morgan fingerprint density at radius 1 is 1.03 bits per heavy atom. The van der Waals surface area contributed by atoms with E-state index in [0.29, 0.717) is 16.5 Å². The van der Waals surface area contributed by atoms with Gasteiger partial charge in [0.25, 0.3) is 5.56 Å². The van der Waals surface area contributed by atoms with Gasteiger partial charge in [-0.2, -0.15) is 10.1 Å². The summed E-state index contributed by atoms with van der Waals surface area (Å²) in [5.74, 6) is 0.337. The van der Waals surface area contributed by atoms with E-state index in [2.05, 4.69) is 15.5 Å². The van der Waals surface area contributed by atoms with E-state index in [1.54, 1.807) is 17.7 Å². The molecule has 0 saturated heterocycles. The number of hydrogen-bond acceptors (Lipinski definition) is 5. The number of aromatic nitrogens is 4. The van der Waals surface area contributed by atoms with Crippen LogP contribution >= 0.6 is 11.6 Å². The van der Waals surface area contributed by atoms with Crippen molar-refractivity contribution in [1.29, 1.82) is 0 Å². The minimum absolute atomic E-state index is 0.273. The molecule has 31 heavy (non-hydrogen) atoms. The zero-order valence-electron chi connectivity index (χ0n) is 17.3. The minimum Gasteiger partial charge on any atom is -0.298 e. The molecule has 0 aliphatic rings. The van der Waals surface area contributed by atoms with Gasteiger partial charge in [0.1, 0.15) is 0 Å². The Balaban J connectivity index is 1.89. The normalized spacial score (nSPS) is 11.8. The highest BCUT2D eigenvalue weighted by Crippen LogP contribution is 2.22. The van der Waals surface area contributed by atoms with Crippen molar-refractivity contribution in [1.82, 2.24) is 18.7 Å². The predicted molar refractivity (Wildman–Crippen MR) is 123 cm³/mol. The Morgan fingerprint density at radius 3 is 2.42 bits per heavy atom. The molecule has 4 aromatic rings. The van der Waals surface area contributed by atoms with Crippen molar-refractivity contribution in [3.63, 3.8) is 0 Å². The fourth-order valence-corrected chi connectivity index (χ4v) is 3.56. The Hall–Kier alpha value is -3.65. The van der Waals surface area contributed by atoms with Crippen molar-refractivity contribution < 1.29 is 0 Å². The Morgan fingerprint density at radius 2 is 1.71 bits per heavy atom. The molecule has 1 N–H and O–H groups in total. The standard InChI is InChI=1S/C22H21ClN6O2/c1-14(15-9-5-4-6-10-15)25-26-21-24-19-18(20(30)28(3)22(31)27(19)2)29(21)13-16-11-7-8-12-17(16)23/h4-12H,13H2,1-3H3,(H,24,26)/b25-14+. The molecule has 0 saturated carbocycles. The molecule has 0 fully saturated rings. The first kappa shape index (κ1) is 20.6. The van der Waals surface area contributed by atoms with Crippen LogP contribution in [0.1, 0.15) is 18.1 Å². The summed E-state index contributed by atoms with van der Waals surface area (Å²) >= 11 is 6.36. The second-order valence-corrected chi connectivity index (χ2v) is 7.57. The van der Waals surface area contributed by atoms with E-state index in [-0.39, 0.29) is 12.2 Å². The third-order valence-electron chi connectivity index (χ3n) is 5.15. The average molecular weight is 437 g/mol. The fraction of sp³-hybridized carbons (Fsp3) is 0.182. The van der Waals surface area contributed by atoms with Crippen LogP contribution in [0.25, 0.3) is 11.2 Å². The van der Waals surface area contributed by atoms with Gasteiger partial charge in [-0.25, -0.2) is 10.2 Å². The molecule has 158 valence electrons. The molecule has 2 aromatic carbocycles. The molecule has 2 heterocycles. The molecule has 8 nitrogen and oxygen atoms in total. The lowest BCUT2D eigenvalue weighted by molar-refractivity contribution is 0.702. The highest BCUT2D eigenvalue weighted by Gasteiger charge is 2.20. The highest BCUT2D eigenvalue weighted by molar-refractivity contribution is 6.31. The molecule has 0 spiro atoms. The molecular weight excluding hydrogens is 416 g/mol. The van der Waals surface area contributed by atoms with Gasteiger partial charge in [-0.15, -0.1) is 0 Å². The number of nitrogens with one attached hydrogen (secondary N) is 1. The molecule has 2 aromatic heterocycles. The van der Waals surface area contributed by atoms with E-state index < -0.39 is 11.2 Å². The SMILES string of the molecule is C/C(=N\Nc1nc2c(c(=O)n(C)c(=O)n2C)n1Cc1ccccc1Cl)c1ccccc1. The van der Waals surface area contributed by atoms with E-state index >= 15 is 0 Å². The van der Waals surface area contributed by atoms with E-state index in [1.807, 2.05) is 55.5 Å². The maximum Gasteiger partial charge on any atom is 0.332 e. The lowest BCUT2D eigenvalue weighted by Crippen LogP contribution is -2.37. The third kappa shape index (κ3) is 3.77. The Bertz CT molecular complexity index is 1420. The lowest BCUT2D eigenvalue weighted by Gasteiger charge is -2.11. The Kier molecular flexibility index (Phi) is 5.48. The van der Waals surface area contributed by atoms with Crippen LogP contribution in [0.3, 0.4) is 0 Å². The molecule has 0 bridgehead atoms. The van der Waals surface area contributed by atoms with Gasteiger partial charge in [0, 0.05) is 19.1 Å². The van der Waals surface area contributed by atoms with Crippen molar-refractivity contribution >= 4 is 34.4 Å². The number of nitrogens with zero attached hydrogens (tertiary/aromatic N) is 5. The number of aryl methyl sites for hydroxylation is 1. The van der Waals surface area contributed by atoms with Gasteiger partial charge in [-0.05, 0) is 24.1 Å². The second kappa shape index (κ2) is 8.23. The molecular formula is C22H21ClN6O2. The quantitative estimate of drug-likeness (QED) is 0.385.